The summed E-state index contributed by atoms with van der Waals surface area (Å²) in [5.74, 6) is 0. The second-order valence-corrected chi connectivity index (χ2v) is 8.27. The molecule has 1 aliphatic heterocycles. The lowest BCUT2D eigenvalue weighted by Crippen LogP contribution is -2.32. The summed E-state index contributed by atoms with van der Waals surface area (Å²) in [6.07, 6.45) is 0.206. The standard InChI is InChI=1S/C18H20N2O5S/c1-12-10-14(20(22)23)11-18(13(12)2)26(24,25)19-9-5-8-17(21)15-6-3-4-7-16(15)19/h3-4,6-7,10-11,17,21H,5,8-9H2,1-2H3. The van der Waals surface area contributed by atoms with Crippen LogP contribution in [-0.4, -0.2) is 25.0 Å². The Morgan fingerprint density at radius 2 is 1.92 bits per heavy atom. The summed E-state index contributed by atoms with van der Waals surface area (Å²) in [5, 5.41) is 21.5. The van der Waals surface area contributed by atoms with Crippen LogP contribution in [-0.2, 0) is 10.0 Å². The summed E-state index contributed by atoms with van der Waals surface area (Å²) in [7, 11) is -4.01. The minimum absolute atomic E-state index is 0.0737. The van der Waals surface area contributed by atoms with Crippen LogP contribution in [0.3, 0.4) is 0 Å². The average molecular weight is 376 g/mol. The van der Waals surface area contributed by atoms with Crippen molar-refractivity contribution in [2.45, 2.75) is 37.7 Å². The fourth-order valence-electron chi connectivity index (χ4n) is 3.25. The molecule has 1 heterocycles. The second-order valence-electron chi connectivity index (χ2n) is 6.44. The maximum Gasteiger partial charge on any atom is 0.271 e. The number of sulfonamides is 1. The lowest BCUT2D eigenvalue weighted by molar-refractivity contribution is -0.385. The van der Waals surface area contributed by atoms with Gasteiger partial charge in [-0.25, -0.2) is 8.42 Å². The predicted molar refractivity (Wildman–Crippen MR) is 97.7 cm³/mol. The number of nitrogens with zero attached hydrogens (tertiary/aromatic N) is 2. The van der Waals surface area contributed by atoms with Crippen molar-refractivity contribution in [2.75, 3.05) is 10.8 Å². The third-order valence-electron chi connectivity index (χ3n) is 4.79. The molecular formula is C18H20N2O5S. The molecule has 2 aromatic rings. The molecule has 1 unspecified atom stereocenters. The molecule has 138 valence electrons. The van der Waals surface area contributed by atoms with Gasteiger partial charge in [-0.2, -0.15) is 0 Å². The molecule has 0 bridgehead atoms. The van der Waals surface area contributed by atoms with Gasteiger partial charge in [0.25, 0.3) is 15.7 Å². The van der Waals surface area contributed by atoms with Crippen molar-refractivity contribution < 1.29 is 18.4 Å². The van der Waals surface area contributed by atoms with Gasteiger partial charge in [0.05, 0.1) is 21.6 Å². The topological polar surface area (TPSA) is 101 Å². The maximum atomic E-state index is 13.4. The van der Waals surface area contributed by atoms with E-state index in [2.05, 4.69) is 0 Å². The van der Waals surface area contributed by atoms with Gasteiger partial charge >= 0.3 is 0 Å². The van der Waals surface area contributed by atoms with Crippen molar-refractivity contribution >= 4 is 21.4 Å². The molecule has 0 spiro atoms. The van der Waals surface area contributed by atoms with Gasteiger partial charge in [0.2, 0.25) is 0 Å². The first kappa shape index (κ1) is 18.3. The molecule has 0 aromatic heterocycles. The number of aliphatic hydroxyl groups is 1. The first-order valence-corrected chi connectivity index (χ1v) is 9.73. The van der Waals surface area contributed by atoms with Crippen LogP contribution in [0, 0.1) is 24.0 Å². The van der Waals surface area contributed by atoms with Crippen molar-refractivity contribution in [3.05, 3.63) is 63.2 Å². The normalized spacial score (nSPS) is 17.5. The van der Waals surface area contributed by atoms with E-state index in [1.165, 1.54) is 10.4 Å². The van der Waals surface area contributed by atoms with Crippen LogP contribution in [0.4, 0.5) is 11.4 Å². The maximum absolute atomic E-state index is 13.4. The Balaban J connectivity index is 2.21. The van der Waals surface area contributed by atoms with E-state index in [9.17, 15) is 23.6 Å². The van der Waals surface area contributed by atoms with E-state index >= 15 is 0 Å². The van der Waals surface area contributed by atoms with Crippen molar-refractivity contribution in [1.29, 1.82) is 0 Å². The Labute approximate surface area is 152 Å². The van der Waals surface area contributed by atoms with Crippen LogP contribution >= 0.6 is 0 Å². The third-order valence-corrected chi connectivity index (χ3v) is 6.73. The van der Waals surface area contributed by atoms with Crippen LogP contribution in [0.5, 0.6) is 0 Å². The molecule has 26 heavy (non-hydrogen) atoms. The fourth-order valence-corrected chi connectivity index (χ4v) is 5.10. The minimum atomic E-state index is -4.01. The molecule has 0 amide bonds. The van der Waals surface area contributed by atoms with Crippen LogP contribution < -0.4 is 4.31 Å². The molecule has 1 N–H and O–H groups in total. The number of nitro groups is 1. The van der Waals surface area contributed by atoms with E-state index in [1.54, 1.807) is 38.1 Å². The molecule has 0 fully saturated rings. The van der Waals surface area contributed by atoms with Crippen molar-refractivity contribution in [3.63, 3.8) is 0 Å². The Hall–Kier alpha value is -2.45. The molecular weight excluding hydrogens is 356 g/mol. The van der Waals surface area contributed by atoms with Gasteiger partial charge in [0.15, 0.2) is 0 Å². The number of para-hydroxylation sites is 1. The van der Waals surface area contributed by atoms with Crippen molar-refractivity contribution in [1.82, 2.24) is 0 Å². The number of benzene rings is 2. The Bertz CT molecular complexity index is 972. The number of nitro benzene ring substituents is 1. The van der Waals surface area contributed by atoms with Gasteiger partial charge < -0.3 is 5.11 Å². The van der Waals surface area contributed by atoms with Gasteiger partial charge in [-0.1, -0.05) is 18.2 Å². The number of aryl methyl sites for hydroxylation is 1. The van der Waals surface area contributed by atoms with E-state index in [0.29, 0.717) is 35.2 Å². The minimum Gasteiger partial charge on any atom is -0.388 e. The zero-order valence-electron chi connectivity index (χ0n) is 14.5. The lowest BCUT2D eigenvalue weighted by Gasteiger charge is -2.26. The molecule has 2 aromatic carbocycles. The van der Waals surface area contributed by atoms with Gasteiger partial charge in [0.1, 0.15) is 0 Å². The number of rotatable bonds is 3. The number of hydrogen-bond donors (Lipinski definition) is 1. The van der Waals surface area contributed by atoms with E-state index in [4.69, 9.17) is 0 Å². The van der Waals surface area contributed by atoms with Crippen LogP contribution in [0.2, 0.25) is 0 Å². The molecule has 1 aliphatic rings. The molecule has 8 heteroatoms. The summed E-state index contributed by atoms with van der Waals surface area (Å²) in [6, 6.07) is 9.31. The van der Waals surface area contributed by atoms with Crippen molar-refractivity contribution in [2.24, 2.45) is 0 Å². The first-order valence-electron chi connectivity index (χ1n) is 8.29. The predicted octanol–water partition coefficient (Wildman–Crippen LogP) is 3.23. The molecule has 3 rings (SSSR count). The van der Waals surface area contributed by atoms with Gasteiger partial charge in [-0.15, -0.1) is 0 Å². The smallest absolute Gasteiger partial charge is 0.271 e. The van der Waals surface area contributed by atoms with E-state index in [1.807, 2.05) is 0 Å². The van der Waals surface area contributed by atoms with Gasteiger partial charge in [-0.05, 0) is 43.9 Å². The third kappa shape index (κ3) is 3.06. The zero-order chi connectivity index (χ0) is 19.1. The molecule has 0 aliphatic carbocycles. The van der Waals surface area contributed by atoms with Gasteiger partial charge in [-0.3, -0.25) is 14.4 Å². The Kier molecular flexibility index (Phi) is 4.72. The number of fused-ring (bicyclic) bond motifs is 1. The van der Waals surface area contributed by atoms with Crippen LogP contribution in [0.15, 0.2) is 41.3 Å². The highest BCUT2D eigenvalue weighted by atomic mass is 32.2. The van der Waals surface area contributed by atoms with E-state index in [0.717, 1.165) is 6.07 Å². The number of hydrogen-bond acceptors (Lipinski definition) is 5. The molecule has 0 saturated heterocycles. The van der Waals surface area contributed by atoms with E-state index < -0.39 is 21.1 Å². The monoisotopic (exact) mass is 376 g/mol. The summed E-state index contributed by atoms with van der Waals surface area (Å²) in [6.45, 7) is 3.50. The quantitative estimate of drug-likeness (QED) is 0.655. The molecule has 0 saturated carbocycles. The molecule has 0 radical (unpaired) electrons. The number of non-ortho nitro benzene ring substituents is 1. The highest BCUT2D eigenvalue weighted by Crippen LogP contribution is 2.37. The number of anilines is 1. The summed E-state index contributed by atoms with van der Waals surface area (Å²) >= 11 is 0. The summed E-state index contributed by atoms with van der Waals surface area (Å²) in [4.78, 5) is 10.5. The highest BCUT2D eigenvalue weighted by Gasteiger charge is 2.32. The molecule has 7 nitrogen and oxygen atoms in total. The SMILES string of the molecule is Cc1cc([N+](=O)[O-])cc(S(=O)(=O)N2CCCC(O)c3ccccc32)c1C. The summed E-state index contributed by atoms with van der Waals surface area (Å²) in [5.41, 5.74) is 1.74. The Morgan fingerprint density at radius 3 is 2.62 bits per heavy atom. The number of aliphatic hydroxyl groups excluding tert-OH is 1. The van der Waals surface area contributed by atoms with Crippen molar-refractivity contribution in [3.8, 4) is 0 Å². The average Bonchev–Trinajstić information content (AvgIpc) is 2.76. The summed E-state index contributed by atoms with van der Waals surface area (Å²) < 4.78 is 28.0. The highest BCUT2D eigenvalue weighted by molar-refractivity contribution is 7.92. The first-order chi connectivity index (χ1) is 12.2. The van der Waals surface area contributed by atoms with Crippen LogP contribution in [0.25, 0.3) is 0 Å². The largest absolute Gasteiger partial charge is 0.388 e. The second kappa shape index (κ2) is 6.69. The lowest BCUT2D eigenvalue weighted by atomic mass is 10.1. The van der Waals surface area contributed by atoms with E-state index in [-0.39, 0.29) is 17.1 Å². The zero-order valence-corrected chi connectivity index (χ0v) is 15.4. The molecule has 1 atom stereocenters. The van der Waals surface area contributed by atoms with Gasteiger partial charge in [0, 0.05) is 24.2 Å². The fraction of sp³-hybridized carbons (Fsp3) is 0.333. The Morgan fingerprint density at radius 1 is 1.23 bits per heavy atom. The van der Waals surface area contributed by atoms with Crippen LogP contribution in [0.1, 0.15) is 35.6 Å².